The van der Waals surface area contributed by atoms with E-state index in [1.165, 1.54) is 6.07 Å². The topological polar surface area (TPSA) is 32.6 Å². The fourth-order valence-electron chi connectivity index (χ4n) is 1.76. The number of hydrogen-bond donors (Lipinski definition) is 1. The Hall–Kier alpha value is -1.08. The van der Waals surface area contributed by atoms with Crippen molar-refractivity contribution in [3.63, 3.8) is 0 Å². The average Bonchev–Trinajstić information content (AvgIpc) is 2.49. The van der Waals surface area contributed by atoms with Crippen LogP contribution in [0.3, 0.4) is 0 Å². The first-order valence-electron chi connectivity index (χ1n) is 6.37. The van der Waals surface area contributed by atoms with E-state index < -0.39 is 40.3 Å². The summed E-state index contributed by atoms with van der Waals surface area (Å²) < 4.78 is 51.5. The molecule has 0 unspecified atom stereocenters. The number of phenolic OH excluding ortho intramolecular Hbond substituents is 1. The van der Waals surface area contributed by atoms with Gasteiger partial charge in [-0.15, -0.1) is 0 Å². The van der Waals surface area contributed by atoms with Crippen LogP contribution in [0.15, 0.2) is 41.4 Å². The number of aromatic hydroxyl groups is 1. The zero-order valence-electron chi connectivity index (χ0n) is 12.2. The number of hydrogen-bond acceptors (Lipinski definition) is 2. The summed E-state index contributed by atoms with van der Waals surface area (Å²) in [6, 6.07) is 7.70. The van der Waals surface area contributed by atoms with Crippen LogP contribution in [0.2, 0.25) is 0 Å². The average molecular weight is 416 g/mol. The third-order valence-electron chi connectivity index (χ3n) is 2.90. The number of rotatable bonds is 2. The molecule has 0 aliphatic heterocycles. The van der Waals surface area contributed by atoms with E-state index in [-0.39, 0.29) is 5.75 Å². The molecule has 0 atom stereocenters. The molecule has 0 saturated heterocycles. The Balaban J connectivity index is 0.000000891. The molecule has 2 nitrogen and oxygen atoms in total. The van der Waals surface area contributed by atoms with Crippen molar-refractivity contribution in [2.45, 2.75) is 13.1 Å². The van der Waals surface area contributed by atoms with Crippen LogP contribution in [-0.2, 0) is 23.2 Å². The molecule has 0 amide bonds. The molecule has 0 fully saturated rings. The zero-order valence-corrected chi connectivity index (χ0v) is 15.3. The van der Waals surface area contributed by atoms with Gasteiger partial charge in [0.2, 0.25) is 0 Å². The summed E-state index contributed by atoms with van der Waals surface area (Å²) >= 11 is -0.556. The minimum absolute atomic E-state index is 0.0476. The number of alkyl halides is 3. The van der Waals surface area contributed by atoms with Crippen molar-refractivity contribution in [2.24, 2.45) is 4.99 Å². The van der Waals surface area contributed by atoms with Gasteiger partial charge < -0.3 is 5.11 Å². The van der Waals surface area contributed by atoms with Crippen molar-refractivity contribution in [3.8, 4) is 5.75 Å². The summed E-state index contributed by atoms with van der Waals surface area (Å²) in [4.78, 5) is 3.69. The van der Waals surface area contributed by atoms with Crippen molar-refractivity contribution < 1.29 is 39.7 Å². The summed E-state index contributed by atoms with van der Waals surface area (Å²) in [6.07, 6.45) is -3.65. The molecular weight excluding hydrogens is 405 g/mol. The summed E-state index contributed by atoms with van der Waals surface area (Å²) in [5.74, 6) is -1.48. The van der Waals surface area contributed by atoms with E-state index in [9.17, 15) is 22.7 Å². The van der Waals surface area contributed by atoms with Crippen molar-refractivity contribution in [2.75, 3.05) is 0 Å². The van der Waals surface area contributed by atoms with Crippen LogP contribution in [0.5, 0.6) is 5.75 Å². The van der Waals surface area contributed by atoms with Gasteiger partial charge in [0, 0.05) is 11.8 Å². The standard InChI is InChI=1S/C15H11F4NO.2ClH.Ti/c1-9-4-2-5-10(14(9)21)8-20-12-7-3-6-11(13(12)16)15(17,18)19;;;/h2-8,21H,1H3;2*1H;/q;;;+2/p-2. The monoisotopic (exact) mass is 415 g/mol. The van der Waals surface area contributed by atoms with Gasteiger partial charge in [0.1, 0.15) is 5.75 Å². The molecule has 0 aromatic heterocycles. The van der Waals surface area contributed by atoms with E-state index in [1.54, 1.807) is 19.1 Å². The first-order valence-corrected chi connectivity index (χ1v) is 10.7. The Morgan fingerprint density at radius 3 is 2.29 bits per heavy atom. The van der Waals surface area contributed by atoms with Gasteiger partial charge in [-0.2, -0.15) is 13.2 Å². The summed E-state index contributed by atoms with van der Waals surface area (Å²) in [5, 5.41) is 9.76. The van der Waals surface area contributed by atoms with Crippen LogP contribution in [-0.4, -0.2) is 11.3 Å². The Morgan fingerprint density at radius 1 is 1.12 bits per heavy atom. The Bertz CT molecular complexity index is 723. The SMILES string of the molecule is Cc1cccc(C=Nc2cccc(C(F)(F)F)c2F)c1O.[Cl][Ti][Cl]. The molecule has 1 N–H and O–H groups in total. The van der Waals surface area contributed by atoms with Crippen LogP contribution >= 0.6 is 18.6 Å². The quantitative estimate of drug-likeness (QED) is 0.365. The van der Waals surface area contributed by atoms with Crippen molar-refractivity contribution in [1.82, 2.24) is 0 Å². The normalized spacial score (nSPS) is 11.1. The number of nitrogens with zero attached hydrogens (tertiary/aromatic N) is 1. The maximum absolute atomic E-state index is 13.8. The van der Waals surface area contributed by atoms with E-state index in [4.69, 9.17) is 18.6 Å². The molecule has 0 heterocycles. The summed E-state index contributed by atoms with van der Waals surface area (Å²) in [7, 11) is 9.78. The number of aryl methyl sites for hydroxylation is 1. The molecule has 2 rings (SSSR count). The molecular formula is C15H11Cl2F4NOTi. The van der Waals surface area contributed by atoms with E-state index in [1.807, 2.05) is 0 Å². The molecule has 0 bridgehead atoms. The first kappa shape index (κ1) is 21.0. The Kier molecular flexibility index (Phi) is 8.23. The van der Waals surface area contributed by atoms with Crippen molar-refractivity contribution >= 4 is 30.5 Å². The van der Waals surface area contributed by atoms with Gasteiger partial charge in [0.15, 0.2) is 5.82 Å². The third kappa shape index (κ3) is 5.78. The van der Waals surface area contributed by atoms with Crippen molar-refractivity contribution in [3.05, 3.63) is 58.9 Å². The number of para-hydroxylation sites is 1. The molecule has 9 heteroatoms. The second-order valence-electron chi connectivity index (χ2n) is 4.48. The summed E-state index contributed by atoms with van der Waals surface area (Å²) in [6.45, 7) is 1.66. The van der Waals surface area contributed by atoms with Crippen molar-refractivity contribution in [1.29, 1.82) is 0 Å². The second-order valence-corrected chi connectivity index (χ2v) is 7.06. The van der Waals surface area contributed by atoms with E-state index in [0.717, 1.165) is 18.3 Å². The summed E-state index contributed by atoms with van der Waals surface area (Å²) in [5.41, 5.74) is -0.924. The van der Waals surface area contributed by atoms with Gasteiger partial charge in [-0.1, -0.05) is 18.2 Å². The molecule has 2 aromatic rings. The number of halogens is 6. The Labute approximate surface area is 152 Å². The minimum atomic E-state index is -4.78. The number of benzene rings is 2. The molecule has 0 aliphatic carbocycles. The zero-order chi connectivity index (χ0) is 18.3. The number of aliphatic imine (C=N–C) groups is 1. The second kappa shape index (κ2) is 9.42. The predicted octanol–water partition coefficient (Wildman–Crippen LogP) is 5.99. The molecule has 128 valence electrons. The first-order chi connectivity index (χ1) is 11.2. The van der Waals surface area contributed by atoms with Gasteiger partial charge in [-0.05, 0) is 30.7 Å². The Morgan fingerprint density at radius 2 is 1.71 bits per heavy atom. The molecule has 0 saturated carbocycles. The van der Waals surface area contributed by atoms with E-state index in [0.29, 0.717) is 17.2 Å². The number of phenols is 1. The van der Waals surface area contributed by atoms with Crippen LogP contribution in [0.4, 0.5) is 23.2 Å². The fraction of sp³-hybridized carbons (Fsp3) is 0.133. The molecule has 2 aromatic carbocycles. The van der Waals surface area contributed by atoms with Gasteiger partial charge in [0.05, 0.1) is 11.3 Å². The molecule has 24 heavy (non-hydrogen) atoms. The van der Waals surface area contributed by atoms with Gasteiger partial charge in [-0.25, -0.2) is 4.39 Å². The predicted molar refractivity (Wildman–Crippen MR) is 83.2 cm³/mol. The van der Waals surface area contributed by atoms with Crippen LogP contribution in [0, 0.1) is 12.7 Å². The van der Waals surface area contributed by atoms with Crippen LogP contribution < -0.4 is 0 Å². The van der Waals surface area contributed by atoms with Gasteiger partial charge >= 0.3 is 41.8 Å². The third-order valence-corrected chi connectivity index (χ3v) is 2.90. The fourth-order valence-corrected chi connectivity index (χ4v) is 1.76. The van der Waals surface area contributed by atoms with Gasteiger partial charge in [-0.3, -0.25) is 4.99 Å². The van der Waals surface area contributed by atoms with Crippen LogP contribution in [0.25, 0.3) is 0 Å². The molecule has 0 spiro atoms. The van der Waals surface area contributed by atoms with Gasteiger partial charge in [0.25, 0.3) is 0 Å². The van der Waals surface area contributed by atoms with E-state index >= 15 is 0 Å². The van der Waals surface area contributed by atoms with E-state index in [2.05, 4.69) is 4.99 Å². The molecule has 0 aliphatic rings. The maximum atomic E-state index is 13.8. The molecule has 0 radical (unpaired) electrons. The van der Waals surface area contributed by atoms with Crippen LogP contribution in [0.1, 0.15) is 16.7 Å².